The van der Waals surface area contributed by atoms with Crippen molar-refractivity contribution in [3.63, 3.8) is 0 Å². The lowest BCUT2D eigenvalue weighted by molar-refractivity contribution is 0.0926. The summed E-state index contributed by atoms with van der Waals surface area (Å²) in [6.45, 7) is 0.512. The zero-order valence-electron chi connectivity index (χ0n) is 13.5. The molecule has 0 radical (unpaired) electrons. The SMILES string of the molecule is O=C(NC1CCCc2c1cnn2CCO)c1c(Cl)nc2ccccn12. The minimum atomic E-state index is -0.253. The molecule has 3 aromatic rings. The first-order valence-electron chi connectivity index (χ1n) is 8.28. The Hall–Kier alpha value is -2.38. The molecule has 1 atom stereocenters. The molecule has 0 spiro atoms. The Morgan fingerprint density at radius 3 is 3.16 bits per heavy atom. The molecular weight excluding hydrogens is 342 g/mol. The van der Waals surface area contributed by atoms with Crippen molar-refractivity contribution < 1.29 is 9.90 Å². The number of amides is 1. The number of carbonyl (C=O) groups is 1. The third-order valence-electron chi connectivity index (χ3n) is 4.58. The monoisotopic (exact) mass is 359 g/mol. The number of hydrogen-bond acceptors (Lipinski definition) is 4. The van der Waals surface area contributed by atoms with Gasteiger partial charge in [-0.15, -0.1) is 0 Å². The Balaban J connectivity index is 1.63. The van der Waals surface area contributed by atoms with Crippen molar-refractivity contribution in [1.29, 1.82) is 0 Å². The Labute approximate surface area is 149 Å². The summed E-state index contributed by atoms with van der Waals surface area (Å²) in [5.74, 6) is -0.253. The van der Waals surface area contributed by atoms with Crippen molar-refractivity contribution in [2.45, 2.75) is 31.8 Å². The quantitative estimate of drug-likeness (QED) is 0.746. The van der Waals surface area contributed by atoms with E-state index in [9.17, 15) is 4.79 Å². The minimum Gasteiger partial charge on any atom is -0.394 e. The average Bonchev–Trinajstić information content (AvgIpc) is 3.16. The molecule has 25 heavy (non-hydrogen) atoms. The first-order valence-corrected chi connectivity index (χ1v) is 8.65. The topological polar surface area (TPSA) is 84.5 Å². The lowest BCUT2D eigenvalue weighted by atomic mass is 9.93. The van der Waals surface area contributed by atoms with E-state index in [1.807, 2.05) is 16.8 Å². The molecule has 2 N–H and O–H groups in total. The fraction of sp³-hybridized carbons (Fsp3) is 0.353. The lowest BCUT2D eigenvalue weighted by Crippen LogP contribution is -2.32. The van der Waals surface area contributed by atoms with Gasteiger partial charge in [0, 0.05) is 17.5 Å². The van der Waals surface area contributed by atoms with E-state index in [2.05, 4.69) is 15.4 Å². The van der Waals surface area contributed by atoms with E-state index in [-0.39, 0.29) is 23.7 Å². The molecule has 130 valence electrons. The van der Waals surface area contributed by atoms with Crippen LogP contribution < -0.4 is 5.32 Å². The predicted molar refractivity (Wildman–Crippen MR) is 92.7 cm³/mol. The highest BCUT2D eigenvalue weighted by Gasteiger charge is 2.27. The number of fused-ring (bicyclic) bond motifs is 2. The number of halogens is 1. The van der Waals surface area contributed by atoms with Gasteiger partial charge in [-0.25, -0.2) is 4.98 Å². The molecule has 1 aliphatic rings. The van der Waals surface area contributed by atoms with Crippen molar-refractivity contribution in [1.82, 2.24) is 24.5 Å². The van der Waals surface area contributed by atoms with Crippen LogP contribution in [0.2, 0.25) is 5.15 Å². The van der Waals surface area contributed by atoms with Crippen LogP contribution >= 0.6 is 11.6 Å². The van der Waals surface area contributed by atoms with E-state index >= 15 is 0 Å². The van der Waals surface area contributed by atoms with E-state index in [1.54, 1.807) is 22.9 Å². The van der Waals surface area contributed by atoms with Gasteiger partial charge < -0.3 is 10.4 Å². The second-order valence-electron chi connectivity index (χ2n) is 6.09. The third kappa shape index (κ3) is 2.79. The van der Waals surface area contributed by atoms with E-state index in [0.29, 0.717) is 17.9 Å². The summed E-state index contributed by atoms with van der Waals surface area (Å²) in [6, 6.07) is 5.37. The van der Waals surface area contributed by atoms with Gasteiger partial charge in [0.25, 0.3) is 5.91 Å². The Morgan fingerprint density at radius 2 is 2.32 bits per heavy atom. The molecule has 0 aromatic carbocycles. The van der Waals surface area contributed by atoms with Crippen LogP contribution in [0.15, 0.2) is 30.6 Å². The molecule has 1 amide bonds. The second kappa shape index (κ2) is 6.50. The second-order valence-corrected chi connectivity index (χ2v) is 6.45. The maximum absolute atomic E-state index is 12.8. The molecule has 0 fully saturated rings. The molecule has 7 nitrogen and oxygen atoms in total. The fourth-order valence-corrected chi connectivity index (χ4v) is 3.72. The van der Waals surface area contributed by atoms with Gasteiger partial charge in [0.15, 0.2) is 10.8 Å². The molecule has 8 heteroatoms. The number of pyridine rings is 1. The van der Waals surface area contributed by atoms with Gasteiger partial charge in [-0.3, -0.25) is 13.9 Å². The molecule has 0 bridgehead atoms. The molecule has 1 unspecified atom stereocenters. The summed E-state index contributed by atoms with van der Waals surface area (Å²) in [5.41, 5.74) is 3.07. The summed E-state index contributed by atoms with van der Waals surface area (Å²) < 4.78 is 3.51. The maximum atomic E-state index is 12.8. The van der Waals surface area contributed by atoms with Crippen LogP contribution in [0.5, 0.6) is 0 Å². The normalized spacial score (nSPS) is 16.8. The first kappa shape index (κ1) is 16.1. The van der Waals surface area contributed by atoms with Crippen molar-refractivity contribution >= 4 is 23.2 Å². The number of nitrogens with zero attached hydrogens (tertiary/aromatic N) is 4. The minimum absolute atomic E-state index is 0.0442. The zero-order chi connectivity index (χ0) is 17.4. The number of hydrogen-bond donors (Lipinski definition) is 2. The summed E-state index contributed by atoms with van der Waals surface area (Å²) in [4.78, 5) is 17.1. The number of rotatable bonds is 4. The van der Waals surface area contributed by atoms with Gasteiger partial charge in [0.2, 0.25) is 0 Å². The Morgan fingerprint density at radius 1 is 1.44 bits per heavy atom. The lowest BCUT2D eigenvalue weighted by Gasteiger charge is -2.24. The molecule has 0 saturated carbocycles. The van der Waals surface area contributed by atoms with E-state index in [1.165, 1.54) is 0 Å². The summed E-state index contributed by atoms with van der Waals surface area (Å²) in [7, 11) is 0. The van der Waals surface area contributed by atoms with Gasteiger partial charge >= 0.3 is 0 Å². The smallest absolute Gasteiger partial charge is 0.272 e. The van der Waals surface area contributed by atoms with Crippen LogP contribution in [0, 0.1) is 0 Å². The Kier molecular flexibility index (Phi) is 4.19. The number of imidazole rings is 1. The molecule has 0 saturated heterocycles. The van der Waals surface area contributed by atoms with E-state index in [0.717, 1.165) is 30.5 Å². The first-order chi connectivity index (χ1) is 12.2. The standard InChI is InChI=1S/C17H18ClN5O2/c18-16-15(22-7-2-1-6-14(22)21-16)17(25)20-12-4-3-5-13-11(12)10-19-23(13)8-9-24/h1-2,6-7,10,12,24H,3-5,8-9H2,(H,20,25). The Bertz CT molecular complexity index is 932. The highest BCUT2D eigenvalue weighted by atomic mass is 35.5. The number of aromatic nitrogens is 4. The highest BCUT2D eigenvalue weighted by Crippen LogP contribution is 2.30. The predicted octanol–water partition coefficient (Wildman–Crippen LogP) is 1.98. The zero-order valence-corrected chi connectivity index (χ0v) is 14.3. The number of carbonyl (C=O) groups excluding carboxylic acids is 1. The van der Waals surface area contributed by atoms with Gasteiger partial charge in [0.05, 0.1) is 25.4 Å². The van der Waals surface area contributed by atoms with Crippen molar-refractivity contribution in [2.75, 3.05) is 6.61 Å². The summed E-state index contributed by atoms with van der Waals surface area (Å²) >= 11 is 6.19. The maximum Gasteiger partial charge on any atom is 0.272 e. The molecular formula is C17H18ClN5O2. The van der Waals surface area contributed by atoms with Crippen LogP contribution in [0.1, 0.15) is 40.6 Å². The van der Waals surface area contributed by atoms with Gasteiger partial charge in [-0.05, 0) is 31.4 Å². The van der Waals surface area contributed by atoms with Crippen LogP contribution in [0.25, 0.3) is 5.65 Å². The largest absolute Gasteiger partial charge is 0.394 e. The molecule has 0 aliphatic heterocycles. The van der Waals surface area contributed by atoms with Gasteiger partial charge in [-0.2, -0.15) is 5.10 Å². The molecule has 3 aromatic heterocycles. The van der Waals surface area contributed by atoms with E-state index in [4.69, 9.17) is 16.7 Å². The molecule has 4 rings (SSSR count). The van der Waals surface area contributed by atoms with Crippen LogP contribution in [-0.4, -0.2) is 36.8 Å². The fourth-order valence-electron chi connectivity index (χ4n) is 3.45. The highest BCUT2D eigenvalue weighted by molar-refractivity contribution is 6.32. The summed E-state index contributed by atoms with van der Waals surface area (Å²) in [5, 5.41) is 16.7. The van der Waals surface area contributed by atoms with Gasteiger partial charge in [-0.1, -0.05) is 17.7 Å². The van der Waals surface area contributed by atoms with Crippen molar-refractivity contribution in [3.8, 4) is 0 Å². The average molecular weight is 360 g/mol. The van der Waals surface area contributed by atoms with Crippen LogP contribution in [-0.2, 0) is 13.0 Å². The van der Waals surface area contributed by atoms with Crippen LogP contribution in [0.3, 0.4) is 0 Å². The third-order valence-corrected chi connectivity index (χ3v) is 4.85. The number of aliphatic hydroxyl groups excluding tert-OH is 1. The van der Waals surface area contributed by atoms with Gasteiger partial charge in [0.1, 0.15) is 5.65 Å². The van der Waals surface area contributed by atoms with E-state index < -0.39 is 0 Å². The molecule has 3 heterocycles. The molecule has 1 aliphatic carbocycles. The summed E-state index contributed by atoms with van der Waals surface area (Å²) in [6.07, 6.45) is 6.26. The number of aliphatic hydroxyl groups is 1. The van der Waals surface area contributed by atoms with Crippen molar-refractivity contribution in [2.24, 2.45) is 0 Å². The number of nitrogens with one attached hydrogen (secondary N) is 1. The van der Waals surface area contributed by atoms with Crippen LogP contribution in [0.4, 0.5) is 0 Å². The van der Waals surface area contributed by atoms with Crippen molar-refractivity contribution in [3.05, 3.63) is 52.7 Å².